The van der Waals surface area contributed by atoms with Crippen LogP contribution in [0.5, 0.6) is 0 Å². The van der Waals surface area contributed by atoms with E-state index in [0.717, 1.165) is 38.5 Å². The molecule has 1 saturated carbocycles. The SMILES string of the molecule is CC1=C(C(=O)OC2CCCCCCC2)[C@H](c2c(F)cccc2Cl)CC(=O)N1. The molecule has 1 aliphatic heterocycles. The highest BCUT2D eigenvalue weighted by molar-refractivity contribution is 6.31. The van der Waals surface area contributed by atoms with Crippen molar-refractivity contribution >= 4 is 23.5 Å². The van der Waals surface area contributed by atoms with E-state index < -0.39 is 17.7 Å². The molecule has 1 aliphatic carbocycles. The zero-order valence-electron chi connectivity index (χ0n) is 15.5. The van der Waals surface area contributed by atoms with Gasteiger partial charge < -0.3 is 10.1 Å². The molecule has 1 heterocycles. The lowest BCUT2D eigenvalue weighted by Crippen LogP contribution is -2.35. The summed E-state index contributed by atoms with van der Waals surface area (Å²) in [6, 6.07) is 4.37. The minimum Gasteiger partial charge on any atom is -0.459 e. The van der Waals surface area contributed by atoms with Crippen molar-refractivity contribution in [3.8, 4) is 0 Å². The average molecular weight is 394 g/mol. The van der Waals surface area contributed by atoms with Gasteiger partial charge in [0.15, 0.2) is 0 Å². The van der Waals surface area contributed by atoms with Crippen molar-refractivity contribution in [1.29, 1.82) is 0 Å². The molecule has 0 spiro atoms. The zero-order valence-corrected chi connectivity index (χ0v) is 16.3. The van der Waals surface area contributed by atoms with Crippen LogP contribution in [0.4, 0.5) is 4.39 Å². The topological polar surface area (TPSA) is 55.4 Å². The Hall–Kier alpha value is -1.88. The number of esters is 1. The van der Waals surface area contributed by atoms with Crippen LogP contribution in [0.15, 0.2) is 29.5 Å². The van der Waals surface area contributed by atoms with Crippen LogP contribution >= 0.6 is 11.6 Å². The van der Waals surface area contributed by atoms with Gasteiger partial charge in [0.25, 0.3) is 0 Å². The second-order valence-corrected chi connectivity index (χ2v) is 7.76. The molecular weight excluding hydrogens is 369 g/mol. The predicted molar refractivity (Wildman–Crippen MR) is 102 cm³/mol. The Morgan fingerprint density at radius 2 is 1.85 bits per heavy atom. The molecule has 0 aromatic heterocycles. The second kappa shape index (κ2) is 8.87. The Morgan fingerprint density at radius 3 is 2.52 bits per heavy atom. The number of ether oxygens (including phenoxy) is 1. The minimum atomic E-state index is -0.742. The van der Waals surface area contributed by atoms with Crippen molar-refractivity contribution in [2.24, 2.45) is 0 Å². The van der Waals surface area contributed by atoms with Gasteiger partial charge in [0.2, 0.25) is 5.91 Å². The van der Waals surface area contributed by atoms with Crippen LogP contribution in [0.25, 0.3) is 0 Å². The van der Waals surface area contributed by atoms with Gasteiger partial charge in [0.05, 0.1) is 5.57 Å². The fraction of sp³-hybridized carbons (Fsp3) is 0.524. The predicted octanol–water partition coefficient (Wildman–Crippen LogP) is 5.01. The molecule has 146 valence electrons. The van der Waals surface area contributed by atoms with E-state index >= 15 is 0 Å². The van der Waals surface area contributed by atoms with Gasteiger partial charge in [0.1, 0.15) is 11.9 Å². The van der Waals surface area contributed by atoms with Gasteiger partial charge in [-0.05, 0) is 44.7 Å². The van der Waals surface area contributed by atoms with Crippen LogP contribution in [-0.2, 0) is 14.3 Å². The lowest BCUT2D eigenvalue weighted by atomic mass is 9.84. The fourth-order valence-electron chi connectivity index (χ4n) is 4.01. The largest absolute Gasteiger partial charge is 0.459 e. The van der Waals surface area contributed by atoms with Crippen LogP contribution in [-0.4, -0.2) is 18.0 Å². The van der Waals surface area contributed by atoms with E-state index in [1.807, 2.05) is 0 Å². The van der Waals surface area contributed by atoms with Crippen LogP contribution < -0.4 is 5.32 Å². The summed E-state index contributed by atoms with van der Waals surface area (Å²) in [5.74, 6) is -2.01. The quantitative estimate of drug-likeness (QED) is 0.734. The van der Waals surface area contributed by atoms with E-state index in [1.54, 1.807) is 13.0 Å². The van der Waals surface area contributed by atoms with Crippen LogP contribution in [0.1, 0.15) is 69.8 Å². The Kier molecular flexibility index (Phi) is 6.53. The third-order valence-electron chi connectivity index (χ3n) is 5.36. The molecular formula is C21H25ClFNO3. The summed E-state index contributed by atoms with van der Waals surface area (Å²) >= 11 is 6.21. The highest BCUT2D eigenvalue weighted by Crippen LogP contribution is 2.39. The third-order valence-corrected chi connectivity index (χ3v) is 5.69. The normalized spacial score (nSPS) is 22.0. The Labute approximate surface area is 164 Å². The van der Waals surface area contributed by atoms with E-state index in [2.05, 4.69) is 5.32 Å². The number of nitrogens with one attached hydrogen (secondary N) is 1. The van der Waals surface area contributed by atoms with Crippen LogP contribution in [0.2, 0.25) is 5.02 Å². The summed E-state index contributed by atoms with van der Waals surface area (Å²) in [5.41, 5.74) is 0.882. The van der Waals surface area contributed by atoms with E-state index in [9.17, 15) is 14.0 Å². The summed E-state index contributed by atoms with van der Waals surface area (Å²) < 4.78 is 20.3. The van der Waals surface area contributed by atoms with Crippen LogP contribution in [0, 0.1) is 5.82 Å². The van der Waals surface area contributed by atoms with Crippen molar-refractivity contribution in [1.82, 2.24) is 5.32 Å². The summed E-state index contributed by atoms with van der Waals surface area (Å²) in [4.78, 5) is 25.0. The first-order valence-electron chi connectivity index (χ1n) is 9.63. The highest BCUT2D eigenvalue weighted by Gasteiger charge is 2.36. The molecule has 3 rings (SSSR count). The smallest absolute Gasteiger partial charge is 0.336 e. The van der Waals surface area contributed by atoms with Crippen molar-refractivity contribution < 1.29 is 18.7 Å². The van der Waals surface area contributed by atoms with Crippen molar-refractivity contribution in [3.63, 3.8) is 0 Å². The highest BCUT2D eigenvalue weighted by atomic mass is 35.5. The third kappa shape index (κ3) is 4.70. The second-order valence-electron chi connectivity index (χ2n) is 7.35. The van der Waals surface area contributed by atoms with E-state index in [0.29, 0.717) is 11.3 Å². The van der Waals surface area contributed by atoms with Gasteiger partial charge in [-0.25, -0.2) is 9.18 Å². The summed E-state index contributed by atoms with van der Waals surface area (Å²) in [5, 5.41) is 2.89. The Bertz CT molecular complexity index is 734. The number of halogens is 2. The van der Waals surface area contributed by atoms with Gasteiger partial charge in [-0.15, -0.1) is 0 Å². The molecule has 4 nitrogen and oxygen atoms in total. The maximum absolute atomic E-state index is 14.5. The lowest BCUT2D eigenvalue weighted by molar-refractivity contribution is -0.145. The molecule has 2 aliphatic rings. The van der Waals surface area contributed by atoms with Gasteiger partial charge >= 0.3 is 5.97 Å². The van der Waals surface area contributed by atoms with Crippen LogP contribution in [0.3, 0.4) is 0 Å². The van der Waals surface area contributed by atoms with Crippen molar-refractivity contribution in [2.75, 3.05) is 0 Å². The van der Waals surface area contributed by atoms with Gasteiger partial charge in [-0.1, -0.05) is 36.9 Å². The molecule has 1 fully saturated rings. The number of carbonyl (C=O) groups excluding carboxylic acids is 2. The molecule has 0 radical (unpaired) electrons. The molecule has 1 amide bonds. The lowest BCUT2D eigenvalue weighted by Gasteiger charge is -2.29. The molecule has 0 unspecified atom stereocenters. The first-order valence-corrected chi connectivity index (χ1v) is 10.0. The minimum absolute atomic E-state index is 0.0346. The maximum Gasteiger partial charge on any atom is 0.336 e. The molecule has 6 heteroatoms. The number of hydrogen-bond acceptors (Lipinski definition) is 3. The summed E-state index contributed by atoms with van der Waals surface area (Å²) in [7, 11) is 0. The number of benzene rings is 1. The first kappa shape index (κ1) is 19.9. The molecule has 1 aromatic carbocycles. The van der Waals surface area contributed by atoms with E-state index in [4.69, 9.17) is 16.3 Å². The standard InChI is InChI=1S/C21H25ClFNO3/c1-13-19(21(26)27-14-8-5-3-2-4-6-9-14)15(12-18(25)24-13)20-16(22)10-7-11-17(20)23/h7,10-11,14-15H,2-6,8-9,12H2,1H3,(H,24,25)/t15-/m1/s1. The molecule has 1 atom stereocenters. The van der Waals surface area contributed by atoms with Gasteiger partial charge in [-0.3, -0.25) is 4.79 Å². The number of amides is 1. The molecule has 27 heavy (non-hydrogen) atoms. The Morgan fingerprint density at radius 1 is 1.19 bits per heavy atom. The van der Waals surface area contributed by atoms with Crippen molar-refractivity contribution in [2.45, 2.75) is 70.3 Å². The number of rotatable bonds is 3. The molecule has 0 saturated heterocycles. The molecule has 1 aromatic rings. The number of allylic oxidation sites excluding steroid dienone is 1. The fourth-order valence-corrected chi connectivity index (χ4v) is 4.31. The monoisotopic (exact) mass is 393 g/mol. The van der Waals surface area contributed by atoms with Gasteiger partial charge in [0, 0.05) is 28.6 Å². The molecule has 1 N–H and O–H groups in total. The zero-order chi connectivity index (χ0) is 19.4. The Balaban J connectivity index is 1.88. The molecule has 0 bridgehead atoms. The summed E-state index contributed by atoms with van der Waals surface area (Å²) in [6.45, 7) is 1.65. The first-order chi connectivity index (χ1) is 13.0. The number of hydrogen-bond donors (Lipinski definition) is 1. The number of carbonyl (C=O) groups is 2. The maximum atomic E-state index is 14.5. The summed E-state index contributed by atoms with van der Waals surface area (Å²) in [6.07, 6.45) is 7.12. The van der Waals surface area contributed by atoms with E-state index in [-0.39, 0.29) is 29.0 Å². The van der Waals surface area contributed by atoms with Crippen molar-refractivity contribution in [3.05, 3.63) is 45.9 Å². The van der Waals surface area contributed by atoms with E-state index in [1.165, 1.54) is 18.6 Å². The average Bonchev–Trinajstić information content (AvgIpc) is 2.56. The van der Waals surface area contributed by atoms with Gasteiger partial charge in [-0.2, -0.15) is 0 Å².